The Bertz CT molecular complexity index is 348. The molecular formula is C13H20N2O3. The molecule has 2 amide bonds. The Morgan fingerprint density at radius 3 is 2.33 bits per heavy atom. The van der Waals surface area contributed by atoms with Crippen LogP contribution in [-0.4, -0.2) is 60.5 Å². The molecule has 0 aromatic carbocycles. The van der Waals surface area contributed by atoms with Gasteiger partial charge in [-0.15, -0.1) is 0 Å². The summed E-state index contributed by atoms with van der Waals surface area (Å²) in [5, 5.41) is 0. The van der Waals surface area contributed by atoms with Gasteiger partial charge in [-0.2, -0.15) is 0 Å². The first-order chi connectivity index (χ1) is 8.77. The van der Waals surface area contributed by atoms with Crippen molar-refractivity contribution in [2.75, 3.05) is 32.8 Å². The molecule has 2 saturated heterocycles. The molecule has 0 aromatic heterocycles. The molecule has 0 radical (unpaired) electrons. The second-order valence-electron chi connectivity index (χ2n) is 5.40. The minimum Gasteiger partial charge on any atom is -0.378 e. The van der Waals surface area contributed by atoms with Crippen LogP contribution in [0.15, 0.2) is 0 Å². The first-order valence-corrected chi connectivity index (χ1v) is 6.94. The van der Waals surface area contributed by atoms with Crippen LogP contribution in [0.25, 0.3) is 0 Å². The zero-order chi connectivity index (χ0) is 12.5. The van der Waals surface area contributed by atoms with Gasteiger partial charge < -0.3 is 14.5 Å². The highest BCUT2D eigenvalue weighted by Gasteiger charge is 2.42. The summed E-state index contributed by atoms with van der Waals surface area (Å²) in [4.78, 5) is 28.3. The Hall–Kier alpha value is -1.10. The molecule has 0 bridgehead atoms. The highest BCUT2D eigenvalue weighted by atomic mass is 16.5. The third-order valence-electron chi connectivity index (χ3n) is 4.07. The zero-order valence-electron chi connectivity index (χ0n) is 10.6. The number of amides is 2. The average Bonchev–Trinajstić information content (AvgIpc) is 3.15. The second kappa shape index (κ2) is 4.88. The SMILES string of the molecule is O=C([C@H]1CCCN1C(=O)C1CC1)N1CCOCC1. The van der Waals surface area contributed by atoms with E-state index in [1.54, 1.807) is 0 Å². The van der Waals surface area contributed by atoms with Crippen LogP contribution in [-0.2, 0) is 14.3 Å². The van der Waals surface area contributed by atoms with Gasteiger partial charge in [0.15, 0.2) is 0 Å². The van der Waals surface area contributed by atoms with Crippen LogP contribution in [0.5, 0.6) is 0 Å². The van der Waals surface area contributed by atoms with Gasteiger partial charge in [0.1, 0.15) is 6.04 Å². The van der Waals surface area contributed by atoms with Crippen LogP contribution in [0.2, 0.25) is 0 Å². The van der Waals surface area contributed by atoms with E-state index in [1.165, 1.54) is 0 Å². The van der Waals surface area contributed by atoms with Crippen LogP contribution in [0.1, 0.15) is 25.7 Å². The highest BCUT2D eigenvalue weighted by Crippen LogP contribution is 2.34. The number of hydrogen-bond acceptors (Lipinski definition) is 3. The monoisotopic (exact) mass is 252 g/mol. The van der Waals surface area contributed by atoms with Gasteiger partial charge in [-0.05, 0) is 25.7 Å². The average molecular weight is 252 g/mol. The molecule has 3 aliphatic rings. The summed E-state index contributed by atoms with van der Waals surface area (Å²) in [6, 6.07) is -0.198. The fraction of sp³-hybridized carbons (Fsp3) is 0.846. The lowest BCUT2D eigenvalue weighted by Crippen LogP contribution is -2.51. The van der Waals surface area contributed by atoms with Crippen LogP contribution in [0, 0.1) is 5.92 Å². The van der Waals surface area contributed by atoms with E-state index in [0.29, 0.717) is 26.3 Å². The maximum absolute atomic E-state index is 12.4. The van der Waals surface area contributed by atoms with Gasteiger partial charge >= 0.3 is 0 Å². The lowest BCUT2D eigenvalue weighted by Gasteiger charge is -2.32. The van der Waals surface area contributed by atoms with Gasteiger partial charge in [0, 0.05) is 25.6 Å². The third-order valence-corrected chi connectivity index (χ3v) is 4.07. The maximum atomic E-state index is 12.4. The van der Waals surface area contributed by atoms with Gasteiger partial charge in [-0.3, -0.25) is 9.59 Å². The van der Waals surface area contributed by atoms with Crippen LogP contribution in [0.3, 0.4) is 0 Å². The molecule has 18 heavy (non-hydrogen) atoms. The largest absolute Gasteiger partial charge is 0.378 e. The molecule has 2 aliphatic heterocycles. The predicted octanol–water partition coefficient (Wildman–Crippen LogP) is 0.246. The molecule has 0 spiro atoms. The molecule has 5 nitrogen and oxygen atoms in total. The molecule has 0 N–H and O–H groups in total. The number of nitrogens with zero attached hydrogens (tertiary/aromatic N) is 2. The van der Waals surface area contributed by atoms with Crippen molar-refractivity contribution in [3.8, 4) is 0 Å². The minimum absolute atomic E-state index is 0.129. The predicted molar refractivity (Wildman–Crippen MR) is 64.9 cm³/mol. The van der Waals surface area contributed by atoms with Crippen molar-refractivity contribution in [3.05, 3.63) is 0 Å². The van der Waals surface area contributed by atoms with E-state index in [-0.39, 0.29) is 23.8 Å². The van der Waals surface area contributed by atoms with Gasteiger partial charge in [0.25, 0.3) is 0 Å². The van der Waals surface area contributed by atoms with Crippen molar-refractivity contribution in [1.82, 2.24) is 9.80 Å². The van der Waals surface area contributed by atoms with Crippen molar-refractivity contribution < 1.29 is 14.3 Å². The zero-order valence-corrected chi connectivity index (χ0v) is 10.6. The first-order valence-electron chi connectivity index (χ1n) is 6.94. The molecule has 1 atom stereocenters. The molecule has 1 aliphatic carbocycles. The van der Waals surface area contributed by atoms with Crippen molar-refractivity contribution in [3.63, 3.8) is 0 Å². The third kappa shape index (κ3) is 2.23. The summed E-state index contributed by atoms with van der Waals surface area (Å²) < 4.78 is 5.26. The molecule has 2 heterocycles. The minimum atomic E-state index is -0.198. The van der Waals surface area contributed by atoms with Crippen molar-refractivity contribution in [2.45, 2.75) is 31.7 Å². The Kier molecular flexibility index (Phi) is 3.24. The van der Waals surface area contributed by atoms with Crippen LogP contribution >= 0.6 is 0 Å². The van der Waals surface area contributed by atoms with E-state index in [0.717, 1.165) is 32.2 Å². The van der Waals surface area contributed by atoms with E-state index in [1.807, 2.05) is 9.80 Å². The summed E-state index contributed by atoms with van der Waals surface area (Å²) in [6.07, 6.45) is 3.80. The molecule has 3 fully saturated rings. The number of carbonyl (C=O) groups is 2. The van der Waals surface area contributed by atoms with E-state index >= 15 is 0 Å². The Labute approximate surface area is 107 Å². The van der Waals surface area contributed by atoms with Crippen molar-refractivity contribution >= 4 is 11.8 Å². The first kappa shape index (κ1) is 12.0. The second-order valence-corrected chi connectivity index (χ2v) is 5.40. The lowest BCUT2D eigenvalue weighted by molar-refractivity contribution is -0.147. The molecule has 5 heteroatoms. The number of hydrogen-bond donors (Lipinski definition) is 0. The quantitative estimate of drug-likeness (QED) is 0.707. The fourth-order valence-electron chi connectivity index (χ4n) is 2.85. The molecule has 0 unspecified atom stereocenters. The fourth-order valence-corrected chi connectivity index (χ4v) is 2.85. The number of morpholine rings is 1. The van der Waals surface area contributed by atoms with Gasteiger partial charge in [0.05, 0.1) is 13.2 Å². The molecular weight excluding hydrogens is 232 g/mol. The normalized spacial score (nSPS) is 28.6. The topological polar surface area (TPSA) is 49.9 Å². The smallest absolute Gasteiger partial charge is 0.245 e. The number of ether oxygens (including phenoxy) is 1. The van der Waals surface area contributed by atoms with Crippen molar-refractivity contribution in [2.24, 2.45) is 5.92 Å². The summed E-state index contributed by atoms with van der Waals surface area (Å²) in [6.45, 7) is 3.34. The number of rotatable bonds is 2. The lowest BCUT2D eigenvalue weighted by atomic mass is 10.1. The highest BCUT2D eigenvalue weighted by molar-refractivity contribution is 5.90. The molecule has 0 aromatic rings. The van der Waals surface area contributed by atoms with Gasteiger partial charge in [-0.1, -0.05) is 0 Å². The van der Waals surface area contributed by atoms with E-state index < -0.39 is 0 Å². The summed E-state index contributed by atoms with van der Waals surface area (Å²) in [7, 11) is 0. The van der Waals surface area contributed by atoms with E-state index in [2.05, 4.69) is 0 Å². The van der Waals surface area contributed by atoms with Gasteiger partial charge in [-0.25, -0.2) is 0 Å². The molecule has 100 valence electrons. The van der Waals surface area contributed by atoms with E-state index in [9.17, 15) is 9.59 Å². The summed E-state index contributed by atoms with van der Waals surface area (Å²) >= 11 is 0. The Morgan fingerprint density at radius 2 is 1.67 bits per heavy atom. The summed E-state index contributed by atoms with van der Waals surface area (Å²) in [5.41, 5.74) is 0. The molecule has 3 rings (SSSR count). The van der Waals surface area contributed by atoms with E-state index in [4.69, 9.17) is 4.74 Å². The van der Waals surface area contributed by atoms with Crippen LogP contribution < -0.4 is 0 Å². The van der Waals surface area contributed by atoms with Crippen LogP contribution in [0.4, 0.5) is 0 Å². The Morgan fingerprint density at radius 1 is 0.944 bits per heavy atom. The molecule has 1 saturated carbocycles. The number of carbonyl (C=O) groups excluding carboxylic acids is 2. The number of likely N-dealkylation sites (tertiary alicyclic amines) is 1. The standard InChI is InChI=1S/C13H20N2O3/c16-12(10-3-4-10)15-5-1-2-11(15)13(17)14-6-8-18-9-7-14/h10-11H,1-9H2/t11-/m1/s1. The van der Waals surface area contributed by atoms with Gasteiger partial charge in [0.2, 0.25) is 11.8 Å². The van der Waals surface area contributed by atoms with Crippen molar-refractivity contribution in [1.29, 1.82) is 0 Å². The Balaban J connectivity index is 1.65. The summed E-state index contributed by atoms with van der Waals surface area (Å²) in [5.74, 6) is 0.548. The maximum Gasteiger partial charge on any atom is 0.245 e.